The molecule has 0 saturated heterocycles. The van der Waals surface area contributed by atoms with E-state index in [0.29, 0.717) is 0 Å². The maximum atomic E-state index is 11.2. The van der Waals surface area contributed by atoms with E-state index in [2.05, 4.69) is 32.9 Å². The molecular weight excluding hydrogens is 212 g/mol. The first-order valence-electron chi connectivity index (χ1n) is 6.27. The maximum absolute atomic E-state index is 11.2. The van der Waals surface area contributed by atoms with Crippen molar-refractivity contribution in [3.05, 3.63) is 35.9 Å². The summed E-state index contributed by atoms with van der Waals surface area (Å²) in [5, 5.41) is 0. The van der Waals surface area contributed by atoms with Crippen molar-refractivity contribution in [2.24, 2.45) is 0 Å². The van der Waals surface area contributed by atoms with Crippen molar-refractivity contribution < 1.29 is 9.53 Å². The van der Waals surface area contributed by atoms with Gasteiger partial charge in [0.25, 0.3) is 0 Å². The van der Waals surface area contributed by atoms with Gasteiger partial charge in [0.05, 0.1) is 0 Å². The molecule has 0 N–H and O–H groups in total. The second-order valence-corrected chi connectivity index (χ2v) is 4.64. The van der Waals surface area contributed by atoms with Crippen LogP contribution < -0.4 is 0 Å². The minimum absolute atomic E-state index is 0.0626. The molecule has 1 rings (SSSR count). The van der Waals surface area contributed by atoms with Crippen molar-refractivity contribution in [1.29, 1.82) is 0 Å². The predicted molar refractivity (Wildman–Crippen MR) is 69.9 cm³/mol. The lowest BCUT2D eigenvalue weighted by Gasteiger charge is -2.36. The van der Waals surface area contributed by atoms with Crippen LogP contribution in [0.3, 0.4) is 0 Å². The summed E-state index contributed by atoms with van der Waals surface area (Å²) in [5.74, 6) is -0.201. The standard InChI is InChI=1S/C15H22O2/c1-5-14(17-12(3)16)15(4,6-2)13-10-8-7-9-11-13/h7-11,14H,5-6H2,1-4H3. The van der Waals surface area contributed by atoms with E-state index >= 15 is 0 Å². The lowest BCUT2D eigenvalue weighted by atomic mass is 9.74. The summed E-state index contributed by atoms with van der Waals surface area (Å²) in [7, 11) is 0. The maximum Gasteiger partial charge on any atom is 0.302 e. The van der Waals surface area contributed by atoms with Crippen LogP contribution >= 0.6 is 0 Å². The molecule has 17 heavy (non-hydrogen) atoms. The van der Waals surface area contributed by atoms with E-state index in [0.717, 1.165) is 12.8 Å². The monoisotopic (exact) mass is 234 g/mol. The number of esters is 1. The molecule has 0 aliphatic heterocycles. The zero-order valence-electron chi connectivity index (χ0n) is 11.2. The number of carbonyl (C=O) groups is 1. The van der Waals surface area contributed by atoms with E-state index in [1.807, 2.05) is 18.2 Å². The molecule has 0 fully saturated rings. The highest BCUT2D eigenvalue weighted by molar-refractivity contribution is 5.66. The second kappa shape index (κ2) is 5.85. The Hall–Kier alpha value is -1.31. The highest BCUT2D eigenvalue weighted by Crippen LogP contribution is 2.34. The Balaban J connectivity index is 3.05. The van der Waals surface area contributed by atoms with Gasteiger partial charge in [-0.15, -0.1) is 0 Å². The summed E-state index contributed by atoms with van der Waals surface area (Å²) in [5.41, 5.74) is 1.12. The second-order valence-electron chi connectivity index (χ2n) is 4.64. The molecule has 0 amide bonds. The number of rotatable bonds is 5. The highest BCUT2D eigenvalue weighted by Gasteiger charge is 2.35. The summed E-state index contributed by atoms with van der Waals surface area (Å²) in [6.45, 7) is 7.84. The van der Waals surface area contributed by atoms with Crippen molar-refractivity contribution >= 4 is 5.97 Å². The fourth-order valence-electron chi connectivity index (χ4n) is 2.30. The Morgan fingerprint density at radius 1 is 1.29 bits per heavy atom. The Morgan fingerprint density at radius 3 is 2.29 bits per heavy atom. The number of hydrogen-bond acceptors (Lipinski definition) is 2. The zero-order chi connectivity index (χ0) is 12.9. The Bertz CT molecular complexity index is 358. The van der Waals surface area contributed by atoms with Crippen LogP contribution in [0.4, 0.5) is 0 Å². The fraction of sp³-hybridized carbons (Fsp3) is 0.533. The Labute approximate surface area is 104 Å². The van der Waals surface area contributed by atoms with Gasteiger partial charge in [0.2, 0.25) is 0 Å². The van der Waals surface area contributed by atoms with Crippen LogP contribution in [0.25, 0.3) is 0 Å². The van der Waals surface area contributed by atoms with Gasteiger partial charge in [0, 0.05) is 12.3 Å². The van der Waals surface area contributed by atoms with Gasteiger partial charge >= 0.3 is 5.97 Å². The van der Waals surface area contributed by atoms with E-state index in [4.69, 9.17) is 4.74 Å². The van der Waals surface area contributed by atoms with Crippen LogP contribution in [0.15, 0.2) is 30.3 Å². The van der Waals surface area contributed by atoms with Crippen LogP contribution in [-0.2, 0) is 14.9 Å². The third kappa shape index (κ3) is 3.09. The van der Waals surface area contributed by atoms with Gasteiger partial charge in [-0.1, -0.05) is 51.1 Å². The molecule has 2 unspecified atom stereocenters. The average molecular weight is 234 g/mol. The van der Waals surface area contributed by atoms with Crippen LogP contribution in [0, 0.1) is 0 Å². The normalized spacial score (nSPS) is 16.0. The van der Waals surface area contributed by atoms with Crippen molar-refractivity contribution in [1.82, 2.24) is 0 Å². The lowest BCUT2D eigenvalue weighted by molar-refractivity contribution is -0.150. The molecular formula is C15H22O2. The average Bonchev–Trinajstić information content (AvgIpc) is 2.35. The first kappa shape index (κ1) is 13.8. The number of ether oxygens (including phenoxy) is 1. The molecule has 0 saturated carbocycles. The topological polar surface area (TPSA) is 26.3 Å². The molecule has 1 aromatic carbocycles. The van der Waals surface area contributed by atoms with Gasteiger partial charge in [-0.25, -0.2) is 0 Å². The third-order valence-electron chi connectivity index (χ3n) is 3.56. The van der Waals surface area contributed by atoms with E-state index in [-0.39, 0.29) is 17.5 Å². The van der Waals surface area contributed by atoms with Crippen LogP contribution in [0.5, 0.6) is 0 Å². The molecule has 94 valence electrons. The first-order chi connectivity index (χ1) is 8.04. The fourth-order valence-corrected chi connectivity index (χ4v) is 2.30. The van der Waals surface area contributed by atoms with Crippen LogP contribution in [0.2, 0.25) is 0 Å². The quantitative estimate of drug-likeness (QED) is 0.726. The van der Waals surface area contributed by atoms with Crippen molar-refractivity contribution in [2.45, 2.75) is 52.1 Å². The summed E-state index contributed by atoms with van der Waals surface area (Å²) in [6, 6.07) is 10.3. The molecule has 0 radical (unpaired) electrons. The van der Waals surface area contributed by atoms with Gasteiger partial charge in [-0.3, -0.25) is 4.79 Å². The molecule has 0 heterocycles. The SMILES string of the molecule is CCC(OC(C)=O)C(C)(CC)c1ccccc1. The van der Waals surface area contributed by atoms with E-state index in [1.165, 1.54) is 12.5 Å². The molecule has 2 heteroatoms. The number of carbonyl (C=O) groups excluding carboxylic acids is 1. The Kier molecular flexibility index (Phi) is 4.73. The molecule has 0 aliphatic rings. The van der Waals surface area contributed by atoms with E-state index < -0.39 is 0 Å². The number of benzene rings is 1. The predicted octanol–water partition coefficient (Wildman–Crippen LogP) is 3.70. The van der Waals surface area contributed by atoms with Crippen LogP contribution in [0.1, 0.15) is 46.1 Å². The summed E-state index contributed by atoms with van der Waals surface area (Å²) >= 11 is 0. The summed E-state index contributed by atoms with van der Waals surface area (Å²) in [4.78, 5) is 11.2. The van der Waals surface area contributed by atoms with Gasteiger partial charge in [0.15, 0.2) is 0 Å². The van der Waals surface area contributed by atoms with Crippen molar-refractivity contribution in [3.8, 4) is 0 Å². The highest BCUT2D eigenvalue weighted by atomic mass is 16.5. The van der Waals surface area contributed by atoms with Crippen molar-refractivity contribution in [2.75, 3.05) is 0 Å². The largest absolute Gasteiger partial charge is 0.462 e. The lowest BCUT2D eigenvalue weighted by Crippen LogP contribution is -2.38. The molecule has 0 aliphatic carbocycles. The Morgan fingerprint density at radius 2 is 1.88 bits per heavy atom. The minimum Gasteiger partial charge on any atom is -0.462 e. The van der Waals surface area contributed by atoms with Crippen LogP contribution in [-0.4, -0.2) is 12.1 Å². The molecule has 2 atom stereocenters. The van der Waals surface area contributed by atoms with Gasteiger partial charge in [-0.2, -0.15) is 0 Å². The molecule has 0 spiro atoms. The minimum atomic E-state index is -0.201. The first-order valence-corrected chi connectivity index (χ1v) is 6.27. The summed E-state index contributed by atoms with van der Waals surface area (Å²) in [6.07, 6.45) is 1.72. The van der Waals surface area contributed by atoms with E-state index in [9.17, 15) is 4.79 Å². The smallest absolute Gasteiger partial charge is 0.302 e. The molecule has 0 aromatic heterocycles. The zero-order valence-corrected chi connectivity index (χ0v) is 11.2. The van der Waals surface area contributed by atoms with Crippen molar-refractivity contribution in [3.63, 3.8) is 0 Å². The van der Waals surface area contributed by atoms with Gasteiger partial charge < -0.3 is 4.74 Å². The molecule has 2 nitrogen and oxygen atoms in total. The molecule has 1 aromatic rings. The number of hydrogen-bond donors (Lipinski definition) is 0. The van der Waals surface area contributed by atoms with Gasteiger partial charge in [-0.05, 0) is 18.4 Å². The molecule has 0 bridgehead atoms. The third-order valence-corrected chi connectivity index (χ3v) is 3.56. The van der Waals surface area contributed by atoms with E-state index in [1.54, 1.807) is 0 Å². The summed E-state index contributed by atoms with van der Waals surface area (Å²) < 4.78 is 5.47. The van der Waals surface area contributed by atoms with Gasteiger partial charge in [0.1, 0.15) is 6.10 Å².